The fourth-order valence-corrected chi connectivity index (χ4v) is 4.58. The zero-order valence-corrected chi connectivity index (χ0v) is 20.4. The van der Waals surface area contributed by atoms with Gasteiger partial charge in [-0.25, -0.2) is 9.69 Å². The van der Waals surface area contributed by atoms with Crippen LogP contribution in [0.5, 0.6) is 0 Å². The van der Waals surface area contributed by atoms with E-state index in [1.54, 1.807) is 0 Å². The number of aliphatic carboxylic acids is 1. The molecule has 4 amide bonds. The molecule has 3 fully saturated rings. The Morgan fingerprint density at radius 3 is 2.16 bits per heavy atom. The number of rotatable bonds is 6. The molecule has 32 heavy (non-hydrogen) atoms. The van der Waals surface area contributed by atoms with Gasteiger partial charge in [-0.05, 0) is 19.3 Å². The Bertz CT molecular complexity index is 730. The van der Waals surface area contributed by atoms with Gasteiger partial charge >= 0.3 is 35.6 Å². The summed E-state index contributed by atoms with van der Waals surface area (Å²) in [6.07, 6.45) is -4.76. The average Bonchev–Trinajstić information content (AvgIpc) is 2.74. The largest absolute Gasteiger partial charge is 1.00 e. The number of hydrogen-bond donors (Lipinski definition) is 3. The molecule has 0 spiro atoms. The molecular weight excluding hydrogens is 435 g/mol. The molecule has 2 heterocycles. The Balaban J connectivity index is 0.00000363. The Morgan fingerprint density at radius 2 is 1.59 bits per heavy atom. The fourth-order valence-electron chi connectivity index (χ4n) is 4.58. The van der Waals surface area contributed by atoms with Crippen LogP contribution < -0.4 is 34.7 Å². The first-order valence-electron chi connectivity index (χ1n) is 10.8. The number of ether oxygens (including phenoxy) is 1. The molecule has 2 aliphatic heterocycles. The van der Waals surface area contributed by atoms with Crippen LogP contribution in [0.3, 0.4) is 0 Å². The second-order valence-electron chi connectivity index (χ2n) is 8.42. The SMILES string of the molecule is CCCCC1C(=O)N(C2CCCCC2)C(=O)N([C@@H]2O[C@H](C(=O)[O-])[C@@H](O)[C@H](O)[C@H]2O)C1=O.[Na+]. The van der Waals surface area contributed by atoms with Gasteiger partial charge in [0.2, 0.25) is 11.8 Å². The van der Waals surface area contributed by atoms with Gasteiger partial charge in [-0.2, -0.15) is 0 Å². The van der Waals surface area contributed by atoms with Gasteiger partial charge < -0.3 is 30.0 Å². The summed E-state index contributed by atoms with van der Waals surface area (Å²) in [6.45, 7) is 1.88. The number of unbranched alkanes of at least 4 members (excludes halogenated alkanes) is 1. The molecule has 1 aliphatic carbocycles. The summed E-state index contributed by atoms with van der Waals surface area (Å²) in [4.78, 5) is 52.4. The van der Waals surface area contributed by atoms with Crippen LogP contribution >= 0.6 is 0 Å². The standard InChI is InChI=1S/C20H30N2O9.Na/c1-2-3-9-11-16(26)21(10-7-5-4-6-8-10)20(30)22(17(11)27)18-14(25)12(23)13(24)15(31-18)19(28)29;/h10-15,18,23-25H,2-9H2,1H3,(H,28,29);/q;+1/p-1/t11?,12-,13-,14+,15-,18+;/m0./s1. The first-order valence-corrected chi connectivity index (χ1v) is 10.8. The van der Waals surface area contributed by atoms with E-state index in [0.29, 0.717) is 30.6 Å². The summed E-state index contributed by atoms with van der Waals surface area (Å²) in [5.74, 6) is -4.57. The first kappa shape index (κ1) is 27.2. The molecule has 3 aliphatic rings. The molecule has 0 aromatic heterocycles. The van der Waals surface area contributed by atoms with E-state index in [1.807, 2.05) is 6.92 Å². The molecule has 1 saturated carbocycles. The minimum absolute atomic E-state index is 0. The van der Waals surface area contributed by atoms with E-state index < -0.39 is 66.4 Å². The molecule has 0 aromatic rings. The molecule has 3 N–H and O–H groups in total. The maximum Gasteiger partial charge on any atom is 1.00 e. The topological polar surface area (TPSA) is 168 Å². The fraction of sp³-hybridized carbons (Fsp3) is 0.800. The number of carbonyl (C=O) groups is 4. The number of aliphatic hydroxyl groups excluding tert-OH is 3. The van der Waals surface area contributed by atoms with Crippen molar-refractivity contribution in [2.45, 2.75) is 95.0 Å². The quantitative estimate of drug-likeness (QED) is 0.259. The number of carboxylic acid groups (broad SMARTS) is 1. The molecule has 1 unspecified atom stereocenters. The molecule has 0 radical (unpaired) electrons. The molecule has 0 bridgehead atoms. The van der Waals surface area contributed by atoms with Gasteiger partial charge in [0, 0.05) is 6.04 Å². The van der Waals surface area contributed by atoms with Crippen molar-refractivity contribution in [3.63, 3.8) is 0 Å². The number of imide groups is 2. The van der Waals surface area contributed by atoms with Crippen LogP contribution in [0.4, 0.5) is 4.79 Å². The molecule has 11 nitrogen and oxygen atoms in total. The predicted octanol–water partition coefficient (Wildman–Crippen LogP) is -4.52. The number of barbiturate groups is 1. The predicted molar refractivity (Wildman–Crippen MR) is 101 cm³/mol. The second-order valence-corrected chi connectivity index (χ2v) is 8.42. The van der Waals surface area contributed by atoms with Gasteiger partial charge in [-0.15, -0.1) is 0 Å². The van der Waals surface area contributed by atoms with Crippen LogP contribution in [0.2, 0.25) is 0 Å². The molecule has 3 rings (SSSR count). The van der Waals surface area contributed by atoms with E-state index in [-0.39, 0.29) is 36.0 Å². The normalized spacial score (nSPS) is 34.4. The van der Waals surface area contributed by atoms with Crippen molar-refractivity contribution < 1.29 is 73.9 Å². The Hall–Kier alpha value is -1.08. The summed E-state index contributed by atoms with van der Waals surface area (Å²) in [7, 11) is 0. The second kappa shape index (κ2) is 11.4. The molecule has 12 heteroatoms. The van der Waals surface area contributed by atoms with Crippen LogP contribution in [0, 0.1) is 5.92 Å². The maximum absolute atomic E-state index is 13.3. The third-order valence-corrected chi connectivity index (χ3v) is 6.34. The number of carbonyl (C=O) groups excluding carboxylic acids is 4. The van der Waals surface area contributed by atoms with Crippen molar-refractivity contribution in [1.29, 1.82) is 0 Å². The first-order chi connectivity index (χ1) is 14.7. The van der Waals surface area contributed by atoms with Crippen molar-refractivity contribution in [2.75, 3.05) is 0 Å². The van der Waals surface area contributed by atoms with Gasteiger partial charge in [-0.3, -0.25) is 14.5 Å². The van der Waals surface area contributed by atoms with Crippen LogP contribution in [-0.4, -0.2) is 85.6 Å². The van der Waals surface area contributed by atoms with E-state index in [1.165, 1.54) is 0 Å². The summed E-state index contributed by atoms with van der Waals surface area (Å²) in [5.41, 5.74) is 0. The number of nitrogens with zero attached hydrogens (tertiary/aromatic N) is 2. The number of amides is 4. The Morgan fingerprint density at radius 1 is 1.00 bits per heavy atom. The molecule has 2 saturated heterocycles. The van der Waals surface area contributed by atoms with Gasteiger partial charge in [0.25, 0.3) is 0 Å². The minimum atomic E-state index is -2.07. The zero-order valence-electron chi connectivity index (χ0n) is 18.4. The van der Waals surface area contributed by atoms with E-state index in [9.17, 15) is 39.6 Å². The minimum Gasteiger partial charge on any atom is -0.547 e. The van der Waals surface area contributed by atoms with E-state index in [0.717, 1.165) is 24.2 Å². The monoisotopic (exact) mass is 464 g/mol. The van der Waals surface area contributed by atoms with Gasteiger partial charge in [0.15, 0.2) is 6.23 Å². The van der Waals surface area contributed by atoms with Crippen LogP contribution in [0.25, 0.3) is 0 Å². The van der Waals surface area contributed by atoms with Crippen molar-refractivity contribution in [1.82, 2.24) is 9.80 Å². The van der Waals surface area contributed by atoms with E-state index in [2.05, 4.69) is 0 Å². The third kappa shape index (κ3) is 5.03. The van der Waals surface area contributed by atoms with Crippen molar-refractivity contribution in [2.24, 2.45) is 5.92 Å². The van der Waals surface area contributed by atoms with Crippen LogP contribution in [0.15, 0.2) is 0 Å². The molecule has 174 valence electrons. The number of hydrogen-bond acceptors (Lipinski definition) is 9. The smallest absolute Gasteiger partial charge is 0.547 e. The molecule has 0 aromatic carbocycles. The van der Waals surface area contributed by atoms with Crippen molar-refractivity contribution in [3.8, 4) is 0 Å². The van der Waals surface area contributed by atoms with Gasteiger partial charge in [0.05, 0.1) is 5.97 Å². The third-order valence-electron chi connectivity index (χ3n) is 6.34. The molecule has 6 atom stereocenters. The Labute approximate surface area is 208 Å². The van der Waals surface area contributed by atoms with Crippen molar-refractivity contribution in [3.05, 3.63) is 0 Å². The average molecular weight is 464 g/mol. The summed E-state index contributed by atoms with van der Waals surface area (Å²) in [6, 6.07) is -1.43. The zero-order chi connectivity index (χ0) is 22.9. The Kier molecular flexibility index (Phi) is 9.65. The van der Waals surface area contributed by atoms with E-state index >= 15 is 0 Å². The van der Waals surface area contributed by atoms with Crippen LogP contribution in [-0.2, 0) is 19.1 Å². The van der Waals surface area contributed by atoms with E-state index in [4.69, 9.17) is 4.74 Å². The number of aliphatic hydroxyl groups is 3. The maximum atomic E-state index is 13.3. The molecular formula is C20H29N2NaO9. The number of urea groups is 1. The van der Waals surface area contributed by atoms with Gasteiger partial charge in [-0.1, -0.05) is 39.0 Å². The van der Waals surface area contributed by atoms with Gasteiger partial charge in [0.1, 0.15) is 30.3 Å². The summed E-state index contributed by atoms with van der Waals surface area (Å²) >= 11 is 0. The summed E-state index contributed by atoms with van der Waals surface area (Å²) in [5, 5.41) is 41.8. The number of carboxylic acids is 1. The van der Waals surface area contributed by atoms with Crippen LogP contribution in [0.1, 0.15) is 58.3 Å². The van der Waals surface area contributed by atoms with Crippen molar-refractivity contribution >= 4 is 23.8 Å². The summed E-state index contributed by atoms with van der Waals surface area (Å²) < 4.78 is 5.17.